The van der Waals surface area contributed by atoms with Crippen molar-refractivity contribution in [3.05, 3.63) is 22.6 Å². The molecule has 0 saturated carbocycles. The van der Waals surface area contributed by atoms with Gasteiger partial charge >= 0.3 is 0 Å². The number of carbonyl (C=O) groups excluding carboxylic acids is 11. The number of unbranched alkanes of at least 4 members (excludes halogenated alkanes) is 1. The molecule has 0 aromatic carbocycles. The van der Waals surface area contributed by atoms with Crippen LogP contribution in [0.5, 0.6) is 0 Å². The summed E-state index contributed by atoms with van der Waals surface area (Å²) >= 11 is 0. The van der Waals surface area contributed by atoms with Crippen molar-refractivity contribution >= 4 is 65.0 Å². The van der Waals surface area contributed by atoms with E-state index in [9.17, 15) is 43.5 Å². The first-order valence-corrected chi connectivity index (χ1v) is 32.1. The second kappa shape index (κ2) is 38.1. The van der Waals surface area contributed by atoms with Crippen molar-refractivity contribution in [1.29, 1.82) is 0 Å². The van der Waals surface area contributed by atoms with Crippen LogP contribution in [0.3, 0.4) is 0 Å². The molecule has 0 spiro atoms. The normalized spacial score (nSPS) is 25.9. The van der Waals surface area contributed by atoms with Crippen LogP contribution in [0.2, 0.25) is 0 Å². The van der Waals surface area contributed by atoms with Gasteiger partial charge in [0.1, 0.15) is 60.4 Å². The molecule has 0 aliphatic carbocycles. The lowest BCUT2D eigenvalue weighted by molar-refractivity contribution is -0.157. The Kier molecular flexibility index (Phi) is 34.4. The molecule has 1 rings (SSSR count). The highest BCUT2D eigenvalue weighted by Crippen LogP contribution is 2.26. The summed E-state index contributed by atoms with van der Waals surface area (Å²) in [5, 5.41) is 26.8. The summed E-state index contributed by atoms with van der Waals surface area (Å²) < 4.78 is 0. The average molecular weight is 1270 g/mol. The first kappa shape index (κ1) is 81.2. The SMILES string of the molecule is CC[C@@H]1NC(=O)C([C@H](O)[C@H](C)C/C=C/CCCN=[N+]=[N-])N(C)C(=O)[C@H](C(C)C)N(C)C(=O)[C@H](CC(C)C)N(C)C(=O)[C@H](CC(C)C)N(C)C(=O)[C@@H](C)NC(=O)[C@H](C)NC(=O)[C@H](CC(C)C)N(C)C(=O)[C@H](C(C)C)NC(=O)[C@H](CC(C)C)N(C)C(=O)CN(C)C1=O. The summed E-state index contributed by atoms with van der Waals surface area (Å²) in [6.45, 7) is 27.6. The first-order chi connectivity index (χ1) is 41.7. The number of azide groups is 1. The molecule has 1 heterocycles. The minimum atomic E-state index is -1.67. The maximum Gasteiger partial charge on any atom is 0.246 e. The summed E-state index contributed by atoms with van der Waals surface area (Å²) in [5.74, 6) is -10.1. The van der Waals surface area contributed by atoms with Gasteiger partial charge in [0.25, 0.3) is 0 Å². The first-order valence-electron chi connectivity index (χ1n) is 32.1. The smallest absolute Gasteiger partial charge is 0.246 e. The predicted molar refractivity (Wildman–Crippen MR) is 346 cm³/mol. The number of hydrogen-bond donors (Lipinski definition) is 5. The lowest BCUT2D eigenvalue weighted by Crippen LogP contribution is -2.63. The molecule has 1 aliphatic heterocycles. The van der Waals surface area contributed by atoms with E-state index in [4.69, 9.17) is 5.53 Å². The summed E-state index contributed by atoms with van der Waals surface area (Å²) in [4.78, 5) is 172. The fourth-order valence-corrected chi connectivity index (χ4v) is 11.1. The van der Waals surface area contributed by atoms with E-state index in [1.54, 1.807) is 47.6 Å². The zero-order valence-electron chi connectivity index (χ0n) is 58.5. The van der Waals surface area contributed by atoms with Crippen LogP contribution < -0.4 is 21.3 Å². The largest absolute Gasteiger partial charge is 0.390 e. The van der Waals surface area contributed by atoms with Gasteiger partial charge in [0.2, 0.25) is 65.0 Å². The highest BCUT2D eigenvalue weighted by Gasteiger charge is 2.46. The summed E-state index contributed by atoms with van der Waals surface area (Å²) in [6.07, 6.45) is 3.99. The van der Waals surface area contributed by atoms with Gasteiger partial charge in [0.05, 0.1) is 12.6 Å². The molecule has 26 heteroatoms. The monoisotopic (exact) mass is 1270 g/mol. The quantitative estimate of drug-likeness (QED) is 0.0397. The van der Waals surface area contributed by atoms with E-state index in [2.05, 4.69) is 31.3 Å². The third-order valence-electron chi connectivity index (χ3n) is 16.7. The molecule has 0 radical (unpaired) electrons. The van der Waals surface area contributed by atoms with E-state index >= 15 is 14.4 Å². The van der Waals surface area contributed by atoms with Gasteiger partial charge in [-0.05, 0) is 112 Å². The predicted octanol–water partition coefficient (Wildman–Crippen LogP) is 4.34. The Bertz CT molecular complexity index is 2520. The maximum absolute atomic E-state index is 15.3. The Morgan fingerprint density at radius 2 is 0.956 bits per heavy atom. The zero-order valence-corrected chi connectivity index (χ0v) is 58.5. The molecule has 1 fully saturated rings. The topological polar surface area (TPSA) is 328 Å². The molecule has 512 valence electrons. The van der Waals surface area contributed by atoms with Crippen molar-refractivity contribution < 1.29 is 57.8 Å². The fraction of sp³-hybridized carbons (Fsp3) is 0.797. The molecule has 1 unspecified atom stereocenters. The molecule has 0 bridgehead atoms. The van der Waals surface area contributed by atoms with E-state index < -0.39 is 156 Å². The van der Waals surface area contributed by atoms with Crippen molar-refractivity contribution in [1.82, 2.24) is 55.6 Å². The minimum Gasteiger partial charge on any atom is -0.390 e. The lowest BCUT2D eigenvalue weighted by Gasteiger charge is -2.41. The number of aliphatic hydroxyl groups excluding tert-OH is 1. The van der Waals surface area contributed by atoms with Gasteiger partial charge in [-0.25, -0.2) is 0 Å². The van der Waals surface area contributed by atoms with Gasteiger partial charge in [0.15, 0.2) is 0 Å². The van der Waals surface area contributed by atoms with Crippen LogP contribution in [-0.2, 0) is 52.7 Å². The molecular weight excluding hydrogens is 1160 g/mol. The Balaban J connectivity index is 4.35. The number of nitrogens with zero attached hydrogens (tertiary/aromatic N) is 10. The molecule has 1 aliphatic rings. The summed E-state index contributed by atoms with van der Waals surface area (Å²) in [7, 11) is 9.84. The number of hydrogen-bond acceptors (Lipinski definition) is 13. The molecule has 0 aromatic heterocycles. The average Bonchev–Trinajstić information content (AvgIpc) is 0.858. The number of carbonyl (C=O) groups is 11. The number of rotatable bonds is 19. The minimum absolute atomic E-state index is 0.00489. The Labute approximate surface area is 536 Å². The van der Waals surface area contributed by atoms with Gasteiger partial charge in [-0.1, -0.05) is 114 Å². The summed E-state index contributed by atoms with van der Waals surface area (Å²) in [6, 6.07) is -12.6. The van der Waals surface area contributed by atoms with E-state index in [-0.39, 0.29) is 68.7 Å². The van der Waals surface area contributed by atoms with Crippen LogP contribution in [0.1, 0.15) is 162 Å². The Morgan fingerprint density at radius 3 is 1.43 bits per heavy atom. The standard InChI is InChI=1S/C64H114N14O12/c1-24-45-60(86)72(17)35-50(79)73(18)46(31-36(2)3)57(83)70-51(40(10)11)63(89)74(19)47(32-37(4)5)56(82)67-43(15)55(81)68-44(16)59(85)75(20)48(33-38(6)7)61(87)76(21)49(34-39(8)9)62(88)77(22)52(41(12)13)64(90)78(23)53(58(84)69-45)54(80)42(14)29-27-25-26-28-30-66-71-65/h25,27,36-49,51-54,80H,24,26,28-35H2,1-23H3,(H,67,82)(H,68,81)(H,69,84)(H,70,83)/b27-25+/t42-,43+,44-,45+,46+,47+,48+,49+,51+,52+,53?,54-/m1/s1. The van der Waals surface area contributed by atoms with Crippen molar-refractivity contribution in [2.24, 2.45) is 46.5 Å². The van der Waals surface area contributed by atoms with Gasteiger partial charge in [-0.3, -0.25) is 52.7 Å². The van der Waals surface area contributed by atoms with Crippen LogP contribution in [-0.4, -0.2) is 233 Å². The molecule has 5 N–H and O–H groups in total. The number of likely N-dealkylation sites (N-methyl/N-ethyl adjacent to an activating group) is 7. The number of nitrogens with one attached hydrogen (secondary N) is 4. The number of amides is 11. The van der Waals surface area contributed by atoms with Gasteiger partial charge in [0, 0.05) is 60.8 Å². The van der Waals surface area contributed by atoms with Crippen LogP contribution >= 0.6 is 0 Å². The third kappa shape index (κ3) is 23.8. The molecule has 0 aromatic rings. The van der Waals surface area contributed by atoms with E-state index in [0.29, 0.717) is 12.8 Å². The highest BCUT2D eigenvalue weighted by atomic mass is 16.3. The van der Waals surface area contributed by atoms with Crippen molar-refractivity contribution in [3.8, 4) is 0 Å². The molecule has 90 heavy (non-hydrogen) atoms. The molecule has 11 amide bonds. The molecular formula is C64H114N14O12. The Morgan fingerprint density at radius 1 is 0.511 bits per heavy atom. The highest BCUT2D eigenvalue weighted by molar-refractivity contribution is 5.99. The second-order valence-electron chi connectivity index (χ2n) is 27.1. The second-order valence-corrected chi connectivity index (χ2v) is 27.1. The molecule has 1 saturated heterocycles. The van der Waals surface area contributed by atoms with Crippen molar-refractivity contribution in [3.63, 3.8) is 0 Å². The number of aliphatic hydroxyl groups is 1. The fourth-order valence-electron chi connectivity index (χ4n) is 11.1. The zero-order chi connectivity index (χ0) is 69.5. The van der Waals surface area contributed by atoms with Gasteiger partial charge in [-0.15, -0.1) is 0 Å². The van der Waals surface area contributed by atoms with E-state index in [1.165, 1.54) is 87.7 Å². The third-order valence-corrected chi connectivity index (χ3v) is 16.7. The van der Waals surface area contributed by atoms with E-state index in [1.807, 2.05) is 61.5 Å². The maximum atomic E-state index is 15.3. The van der Waals surface area contributed by atoms with Crippen LogP contribution in [0.4, 0.5) is 0 Å². The lowest BCUT2D eigenvalue weighted by atomic mass is 9.91. The Hall–Kier alpha value is -6.82. The summed E-state index contributed by atoms with van der Waals surface area (Å²) in [5.41, 5.74) is 8.69. The van der Waals surface area contributed by atoms with Crippen LogP contribution in [0.25, 0.3) is 10.4 Å². The molecule has 12 atom stereocenters. The van der Waals surface area contributed by atoms with Crippen molar-refractivity contribution in [2.45, 2.75) is 229 Å². The number of allylic oxidation sites excluding steroid dienone is 2. The van der Waals surface area contributed by atoms with Crippen molar-refractivity contribution in [2.75, 3.05) is 62.4 Å². The van der Waals surface area contributed by atoms with Gasteiger partial charge in [-0.2, -0.15) is 0 Å². The van der Waals surface area contributed by atoms with E-state index in [0.717, 1.165) is 9.80 Å². The van der Waals surface area contributed by atoms with Crippen LogP contribution in [0, 0.1) is 41.4 Å². The van der Waals surface area contributed by atoms with Crippen LogP contribution in [0.15, 0.2) is 17.3 Å². The van der Waals surface area contributed by atoms with Gasteiger partial charge < -0.3 is 60.7 Å². The molecule has 26 nitrogen and oxygen atoms in total.